The van der Waals surface area contributed by atoms with Gasteiger partial charge in [0.25, 0.3) is 0 Å². The Kier molecular flexibility index (Phi) is 2.96. The number of nitrogens with two attached hydrogens (primary N) is 1. The van der Waals surface area contributed by atoms with E-state index in [2.05, 4.69) is 4.98 Å². The molecule has 0 radical (unpaired) electrons. The van der Waals surface area contributed by atoms with E-state index >= 15 is 0 Å². The molecule has 1 heterocycles. The van der Waals surface area contributed by atoms with Crippen LogP contribution in [0.1, 0.15) is 12.8 Å². The van der Waals surface area contributed by atoms with E-state index in [1.54, 1.807) is 12.1 Å². The third kappa shape index (κ3) is 2.96. The van der Waals surface area contributed by atoms with Gasteiger partial charge in [-0.1, -0.05) is 0 Å². The van der Waals surface area contributed by atoms with Gasteiger partial charge in [-0.05, 0) is 32.2 Å². The van der Waals surface area contributed by atoms with Crippen LogP contribution in [0.5, 0.6) is 11.8 Å². The van der Waals surface area contributed by atoms with E-state index in [-0.39, 0.29) is 0 Å². The van der Waals surface area contributed by atoms with Gasteiger partial charge in [0.15, 0.2) is 0 Å². The van der Waals surface area contributed by atoms with Crippen molar-refractivity contribution in [3.63, 3.8) is 0 Å². The fourth-order valence-corrected chi connectivity index (χ4v) is 1.59. The van der Waals surface area contributed by atoms with E-state index in [9.17, 15) is 0 Å². The van der Waals surface area contributed by atoms with Gasteiger partial charge >= 0.3 is 0 Å². The van der Waals surface area contributed by atoms with Gasteiger partial charge < -0.3 is 15.0 Å². The second kappa shape index (κ2) is 4.23. The van der Waals surface area contributed by atoms with Crippen LogP contribution in [0, 0.1) is 0 Å². The highest BCUT2D eigenvalue weighted by Gasteiger charge is 2.24. The van der Waals surface area contributed by atoms with E-state index in [1.165, 1.54) is 0 Å². The minimum Gasteiger partial charge on any atom is -0.474 e. The molecule has 1 aliphatic rings. The zero-order chi connectivity index (χ0) is 10.8. The van der Waals surface area contributed by atoms with Crippen LogP contribution in [-0.4, -0.2) is 24.4 Å². The molecule has 0 amide bonds. The molecule has 4 nitrogen and oxygen atoms in total. The Bertz CT molecular complexity index is 353. The van der Waals surface area contributed by atoms with Crippen molar-refractivity contribution in [2.24, 2.45) is 0 Å². The van der Waals surface area contributed by atoms with Crippen LogP contribution in [0.4, 0.5) is 5.69 Å². The summed E-state index contributed by atoms with van der Waals surface area (Å²) in [5, 5.41) is 0. The van der Waals surface area contributed by atoms with Crippen molar-refractivity contribution in [3.05, 3.63) is 12.1 Å². The summed E-state index contributed by atoms with van der Waals surface area (Å²) >= 11 is 0. The zero-order valence-corrected chi connectivity index (χ0v) is 9.83. The molecule has 0 atom stereocenters. The number of hydrogen-bond acceptors (Lipinski definition) is 4. The van der Waals surface area contributed by atoms with Gasteiger partial charge in [-0.15, -0.1) is 0 Å². The molecule has 5 heteroatoms. The fourth-order valence-electron chi connectivity index (χ4n) is 1.10. The Hall–Kier alpha value is -1.02. The third-order valence-electron chi connectivity index (χ3n) is 1.94. The first kappa shape index (κ1) is 10.5. The fraction of sp³-hybridized carbons (Fsp3) is 0.500. The van der Waals surface area contributed by atoms with Gasteiger partial charge in [-0.3, -0.25) is 0 Å². The lowest BCUT2D eigenvalue weighted by atomic mass is 10.4. The molecule has 1 aromatic heterocycles. The maximum Gasteiger partial charge on any atom is 0.243 e. The van der Waals surface area contributed by atoms with E-state index in [0.717, 1.165) is 12.8 Å². The number of ether oxygens (including phenoxy) is 1. The SMILES string of the molecule is CP(C)Oc1nc(OC2CC2)ccc1N. The summed E-state index contributed by atoms with van der Waals surface area (Å²) in [6.07, 6.45) is 2.59. The minimum absolute atomic E-state index is 0.346. The Morgan fingerprint density at radius 3 is 2.73 bits per heavy atom. The van der Waals surface area contributed by atoms with Gasteiger partial charge in [0, 0.05) is 6.07 Å². The molecule has 0 unspecified atom stereocenters. The monoisotopic (exact) mass is 226 g/mol. The normalized spacial score (nSPS) is 15.4. The van der Waals surface area contributed by atoms with Crippen molar-refractivity contribution in [3.8, 4) is 11.8 Å². The summed E-state index contributed by atoms with van der Waals surface area (Å²) in [5.41, 5.74) is 6.32. The largest absolute Gasteiger partial charge is 0.474 e. The van der Waals surface area contributed by atoms with E-state index in [1.807, 2.05) is 13.3 Å². The molecule has 1 aromatic rings. The van der Waals surface area contributed by atoms with Crippen molar-refractivity contribution < 1.29 is 9.26 Å². The van der Waals surface area contributed by atoms with Gasteiger partial charge in [0.2, 0.25) is 11.8 Å². The van der Waals surface area contributed by atoms with Gasteiger partial charge in [0.05, 0.1) is 13.8 Å². The molecular formula is C10H15N2O2P. The second-order valence-corrected chi connectivity index (χ2v) is 5.57. The third-order valence-corrected chi connectivity index (χ3v) is 2.48. The summed E-state index contributed by atoms with van der Waals surface area (Å²) in [6.45, 7) is 4.01. The Morgan fingerprint density at radius 2 is 2.13 bits per heavy atom. The van der Waals surface area contributed by atoms with Crippen LogP contribution in [0.25, 0.3) is 0 Å². The molecule has 2 rings (SSSR count). The molecule has 82 valence electrons. The van der Waals surface area contributed by atoms with Crippen molar-refractivity contribution in [1.82, 2.24) is 4.98 Å². The molecule has 0 bridgehead atoms. The van der Waals surface area contributed by atoms with Gasteiger partial charge in [0.1, 0.15) is 6.10 Å². The predicted molar refractivity (Wildman–Crippen MR) is 61.7 cm³/mol. The molecule has 0 saturated heterocycles. The predicted octanol–water partition coefficient (Wildman–Crippen LogP) is 2.24. The number of rotatable bonds is 4. The second-order valence-electron chi connectivity index (χ2n) is 3.76. The first-order valence-corrected chi connectivity index (χ1v) is 7.09. The first-order valence-electron chi connectivity index (χ1n) is 4.93. The average Bonchev–Trinajstić information content (AvgIpc) is 2.94. The maximum atomic E-state index is 5.75. The molecular weight excluding hydrogens is 211 g/mol. The number of pyridine rings is 1. The van der Waals surface area contributed by atoms with Crippen LogP contribution in [0.15, 0.2) is 12.1 Å². The van der Waals surface area contributed by atoms with Crippen LogP contribution in [0.3, 0.4) is 0 Å². The quantitative estimate of drug-likeness (QED) is 0.800. The van der Waals surface area contributed by atoms with Crippen molar-refractivity contribution >= 4 is 13.8 Å². The highest BCUT2D eigenvalue weighted by molar-refractivity contribution is 7.51. The molecule has 0 spiro atoms. The van der Waals surface area contributed by atoms with Crippen molar-refractivity contribution in [2.75, 3.05) is 19.1 Å². The van der Waals surface area contributed by atoms with Gasteiger partial charge in [-0.2, -0.15) is 4.98 Å². The number of nitrogen functional groups attached to an aromatic ring is 1. The number of anilines is 1. The highest BCUT2D eigenvalue weighted by Crippen LogP contribution is 2.34. The Balaban J connectivity index is 2.11. The smallest absolute Gasteiger partial charge is 0.243 e. The maximum absolute atomic E-state index is 5.75. The lowest BCUT2D eigenvalue weighted by Crippen LogP contribution is -2.01. The van der Waals surface area contributed by atoms with Crippen LogP contribution in [-0.2, 0) is 0 Å². The van der Waals surface area contributed by atoms with Crippen molar-refractivity contribution in [2.45, 2.75) is 18.9 Å². The van der Waals surface area contributed by atoms with Crippen molar-refractivity contribution in [1.29, 1.82) is 0 Å². The molecule has 1 fully saturated rings. The van der Waals surface area contributed by atoms with Crippen LogP contribution in [0.2, 0.25) is 0 Å². The van der Waals surface area contributed by atoms with Crippen LogP contribution >= 0.6 is 8.15 Å². The molecule has 0 aliphatic heterocycles. The van der Waals surface area contributed by atoms with E-state index in [0.29, 0.717) is 23.6 Å². The Morgan fingerprint density at radius 1 is 1.40 bits per heavy atom. The first-order chi connectivity index (χ1) is 7.15. The highest BCUT2D eigenvalue weighted by atomic mass is 31.1. The summed E-state index contributed by atoms with van der Waals surface area (Å²) < 4.78 is 11.1. The minimum atomic E-state index is -0.508. The number of nitrogens with zero attached hydrogens (tertiary/aromatic N) is 1. The van der Waals surface area contributed by atoms with Crippen LogP contribution < -0.4 is 15.0 Å². The number of aromatic nitrogens is 1. The van der Waals surface area contributed by atoms with E-state index in [4.69, 9.17) is 15.0 Å². The summed E-state index contributed by atoms with van der Waals surface area (Å²) in [7, 11) is -0.508. The molecule has 15 heavy (non-hydrogen) atoms. The lowest BCUT2D eigenvalue weighted by molar-refractivity contribution is 0.289. The molecule has 1 aliphatic carbocycles. The summed E-state index contributed by atoms with van der Waals surface area (Å²) in [6, 6.07) is 3.56. The molecule has 0 aromatic carbocycles. The summed E-state index contributed by atoms with van der Waals surface area (Å²) in [5.74, 6) is 1.10. The summed E-state index contributed by atoms with van der Waals surface area (Å²) in [4.78, 5) is 4.24. The van der Waals surface area contributed by atoms with Gasteiger partial charge in [-0.25, -0.2) is 0 Å². The molecule has 1 saturated carbocycles. The van der Waals surface area contributed by atoms with E-state index < -0.39 is 8.15 Å². The average molecular weight is 226 g/mol. The standard InChI is InChI=1S/C10H15N2O2P/c1-15(2)14-10-8(11)5-6-9(12-10)13-7-3-4-7/h5-7H,3-4,11H2,1-2H3. The zero-order valence-electron chi connectivity index (χ0n) is 8.93. The topological polar surface area (TPSA) is 57.4 Å². The molecule has 2 N–H and O–H groups in total. The lowest BCUT2D eigenvalue weighted by Gasteiger charge is -2.11. The Labute approximate surface area is 90.6 Å². The number of hydrogen-bond donors (Lipinski definition) is 1.